The highest BCUT2D eigenvalue weighted by Gasteiger charge is 1.93. The number of benzene rings is 1. The van der Waals surface area contributed by atoms with E-state index in [0.29, 0.717) is 0 Å². The number of rotatable bonds is 5. The SMILES string of the molecule is CN=Nc1ccc(OCCCBr)cc1. The van der Waals surface area contributed by atoms with Crippen molar-refractivity contribution < 1.29 is 4.74 Å². The summed E-state index contributed by atoms with van der Waals surface area (Å²) in [6, 6.07) is 7.57. The summed E-state index contributed by atoms with van der Waals surface area (Å²) in [7, 11) is 1.65. The molecule has 1 aromatic rings. The third-order valence-corrected chi connectivity index (χ3v) is 2.16. The van der Waals surface area contributed by atoms with Gasteiger partial charge in [-0.2, -0.15) is 10.2 Å². The third kappa shape index (κ3) is 3.87. The lowest BCUT2D eigenvalue weighted by Crippen LogP contribution is -1.96. The zero-order valence-corrected chi connectivity index (χ0v) is 9.70. The van der Waals surface area contributed by atoms with Crippen LogP contribution in [0.1, 0.15) is 6.42 Å². The molecule has 0 heterocycles. The van der Waals surface area contributed by atoms with Crippen LogP contribution in [0.2, 0.25) is 0 Å². The van der Waals surface area contributed by atoms with Crippen LogP contribution in [0.4, 0.5) is 5.69 Å². The highest BCUT2D eigenvalue weighted by molar-refractivity contribution is 9.09. The first-order valence-electron chi connectivity index (χ1n) is 4.45. The molecule has 0 bridgehead atoms. The summed E-state index contributed by atoms with van der Waals surface area (Å²) < 4.78 is 5.48. The maximum atomic E-state index is 5.48. The van der Waals surface area contributed by atoms with Crippen LogP contribution in [-0.4, -0.2) is 19.0 Å². The maximum Gasteiger partial charge on any atom is 0.119 e. The van der Waals surface area contributed by atoms with Crippen molar-refractivity contribution in [2.75, 3.05) is 19.0 Å². The quantitative estimate of drug-likeness (QED) is 0.451. The molecule has 3 nitrogen and oxygen atoms in total. The number of nitrogens with zero attached hydrogens (tertiary/aromatic N) is 2. The number of alkyl halides is 1. The zero-order chi connectivity index (χ0) is 10.2. The van der Waals surface area contributed by atoms with E-state index in [9.17, 15) is 0 Å². The van der Waals surface area contributed by atoms with Crippen LogP contribution >= 0.6 is 15.9 Å². The Balaban J connectivity index is 2.46. The predicted octanol–water partition coefficient (Wildman–Crippen LogP) is 3.56. The Morgan fingerprint density at radius 1 is 1.29 bits per heavy atom. The first-order valence-corrected chi connectivity index (χ1v) is 5.57. The van der Waals surface area contributed by atoms with Crippen LogP contribution in [0.25, 0.3) is 0 Å². The molecule has 0 saturated heterocycles. The van der Waals surface area contributed by atoms with E-state index in [4.69, 9.17) is 4.74 Å². The number of hydrogen-bond acceptors (Lipinski definition) is 3. The molecule has 76 valence electrons. The van der Waals surface area contributed by atoms with Crippen LogP contribution < -0.4 is 4.74 Å². The molecule has 14 heavy (non-hydrogen) atoms. The standard InChI is InChI=1S/C10H13BrN2O/c1-12-13-9-3-5-10(6-4-9)14-8-2-7-11/h3-6H,2,7-8H2,1H3. The van der Waals surface area contributed by atoms with Gasteiger partial charge in [-0.25, -0.2) is 0 Å². The lowest BCUT2D eigenvalue weighted by atomic mass is 10.3. The van der Waals surface area contributed by atoms with Gasteiger partial charge in [-0.1, -0.05) is 15.9 Å². The van der Waals surface area contributed by atoms with E-state index in [0.717, 1.165) is 29.8 Å². The lowest BCUT2D eigenvalue weighted by molar-refractivity contribution is 0.319. The first kappa shape index (κ1) is 11.2. The van der Waals surface area contributed by atoms with Crippen molar-refractivity contribution in [3.05, 3.63) is 24.3 Å². The Morgan fingerprint density at radius 3 is 2.57 bits per heavy atom. The summed E-state index contributed by atoms with van der Waals surface area (Å²) >= 11 is 3.35. The van der Waals surface area contributed by atoms with Crippen molar-refractivity contribution in [1.29, 1.82) is 0 Å². The molecular formula is C10H13BrN2O. The second-order valence-corrected chi connectivity index (χ2v) is 3.48. The molecule has 0 fully saturated rings. The Bertz CT molecular complexity index is 285. The summed E-state index contributed by atoms with van der Waals surface area (Å²) in [4.78, 5) is 0. The predicted molar refractivity (Wildman–Crippen MR) is 60.8 cm³/mol. The Morgan fingerprint density at radius 2 is 2.00 bits per heavy atom. The van der Waals surface area contributed by atoms with Gasteiger partial charge in [-0.05, 0) is 30.7 Å². The molecular weight excluding hydrogens is 244 g/mol. The molecule has 0 atom stereocenters. The number of hydrogen-bond donors (Lipinski definition) is 0. The highest BCUT2D eigenvalue weighted by atomic mass is 79.9. The van der Waals surface area contributed by atoms with Crippen molar-refractivity contribution in [3.8, 4) is 5.75 Å². The second kappa shape index (κ2) is 6.54. The monoisotopic (exact) mass is 256 g/mol. The Labute approximate surface area is 92.3 Å². The Kier molecular flexibility index (Phi) is 5.22. The summed E-state index contributed by atoms with van der Waals surface area (Å²) in [6.45, 7) is 0.736. The summed E-state index contributed by atoms with van der Waals surface area (Å²) in [5.74, 6) is 0.876. The van der Waals surface area contributed by atoms with Crippen LogP contribution in [0.15, 0.2) is 34.5 Å². The minimum absolute atomic E-state index is 0.736. The number of azo groups is 1. The summed E-state index contributed by atoms with van der Waals surface area (Å²) in [5, 5.41) is 8.56. The molecule has 0 saturated carbocycles. The van der Waals surface area contributed by atoms with Crippen molar-refractivity contribution in [3.63, 3.8) is 0 Å². The smallest absolute Gasteiger partial charge is 0.119 e. The average Bonchev–Trinajstić information content (AvgIpc) is 2.21. The molecule has 0 N–H and O–H groups in total. The molecule has 1 rings (SSSR count). The zero-order valence-electron chi connectivity index (χ0n) is 8.11. The highest BCUT2D eigenvalue weighted by Crippen LogP contribution is 2.18. The summed E-state index contributed by atoms with van der Waals surface area (Å²) in [5.41, 5.74) is 0.848. The maximum absolute atomic E-state index is 5.48. The molecule has 4 heteroatoms. The molecule has 0 unspecified atom stereocenters. The fourth-order valence-electron chi connectivity index (χ4n) is 0.969. The van der Waals surface area contributed by atoms with E-state index >= 15 is 0 Å². The van der Waals surface area contributed by atoms with Gasteiger partial charge in [-0.3, -0.25) is 0 Å². The molecule has 0 spiro atoms. The average molecular weight is 257 g/mol. The van der Waals surface area contributed by atoms with Crippen LogP contribution in [-0.2, 0) is 0 Å². The van der Waals surface area contributed by atoms with Gasteiger partial charge in [0.15, 0.2) is 0 Å². The van der Waals surface area contributed by atoms with E-state index < -0.39 is 0 Å². The first-order chi connectivity index (χ1) is 6.86. The van der Waals surface area contributed by atoms with Gasteiger partial charge in [0.25, 0.3) is 0 Å². The normalized spacial score (nSPS) is 10.7. The summed E-state index contributed by atoms with van der Waals surface area (Å²) in [6.07, 6.45) is 1.01. The van der Waals surface area contributed by atoms with Crippen LogP contribution in [0, 0.1) is 0 Å². The van der Waals surface area contributed by atoms with E-state index in [-0.39, 0.29) is 0 Å². The van der Waals surface area contributed by atoms with Gasteiger partial charge in [-0.15, -0.1) is 0 Å². The van der Waals surface area contributed by atoms with Crippen molar-refractivity contribution >= 4 is 21.6 Å². The Hall–Kier alpha value is -0.900. The van der Waals surface area contributed by atoms with Crippen molar-refractivity contribution in [2.24, 2.45) is 10.2 Å². The fraction of sp³-hybridized carbons (Fsp3) is 0.400. The molecule has 0 amide bonds. The third-order valence-electron chi connectivity index (χ3n) is 1.60. The van der Waals surface area contributed by atoms with Gasteiger partial charge >= 0.3 is 0 Å². The van der Waals surface area contributed by atoms with Gasteiger partial charge in [0, 0.05) is 12.4 Å². The minimum Gasteiger partial charge on any atom is -0.494 e. The molecule has 0 radical (unpaired) electrons. The molecule has 0 aliphatic heterocycles. The van der Waals surface area contributed by atoms with Crippen LogP contribution in [0.5, 0.6) is 5.75 Å². The van der Waals surface area contributed by atoms with E-state index in [1.807, 2.05) is 24.3 Å². The molecule has 0 aromatic heterocycles. The topological polar surface area (TPSA) is 34.0 Å². The van der Waals surface area contributed by atoms with E-state index in [1.165, 1.54) is 0 Å². The van der Waals surface area contributed by atoms with E-state index in [2.05, 4.69) is 26.2 Å². The van der Waals surface area contributed by atoms with Gasteiger partial charge in [0.1, 0.15) is 5.75 Å². The van der Waals surface area contributed by atoms with E-state index in [1.54, 1.807) is 7.05 Å². The largest absolute Gasteiger partial charge is 0.494 e. The van der Waals surface area contributed by atoms with Gasteiger partial charge in [0.2, 0.25) is 0 Å². The second-order valence-electron chi connectivity index (χ2n) is 2.68. The number of halogens is 1. The molecule has 0 aliphatic rings. The lowest BCUT2D eigenvalue weighted by Gasteiger charge is -2.04. The minimum atomic E-state index is 0.736. The van der Waals surface area contributed by atoms with Gasteiger partial charge < -0.3 is 4.74 Å². The molecule has 0 aliphatic carbocycles. The molecule has 1 aromatic carbocycles. The number of ether oxygens (including phenoxy) is 1. The fourth-order valence-corrected chi connectivity index (χ4v) is 1.20. The van der Waals surface area contributed by atoms with Crippen molar-refractivity contribution in [2.45, 2.75) is 6.42 Å². The van der Waals surface area contributed by atoms with Crippen LogP contribution in [0.3, 0.4) is 0 Å². The van der Waals surface area contributed by atoms with Gasteiger partial charge in [0.05, 0.1) is 12.3 Å². The van der Waals surface area contributed by atoms with Crippen molar-refractivity contribution in [1.82, 2.24) is 0 Å².